The number of amides is 1. The summed E-state index contributed by atoms with van der Waals surface area (Å²) in [5.41, 5.74) is 1.48. The number of aromatic nitrogens is 1. The summed E-state index contributed by atoms with van der Waals surface area (Å²) in [7, 11) is 0. The lowest BCUT2D eigenvalue weighted by atomic mass is 9.96. The number of carbonyl (C=O) groups is 1. The van der Waals surface area contributed by atoms with Crippen LogP contribution in [0.4, 0.5) is 0 Å². The van der Waals surface area contributed by atoms with Gasteiger partial charge in [-0.05, 0) is 88.0 Å². The normalized spacial score (nSPS) is 19.0. The molecule has 3 aromatic rings. The second-order valence-electron chi connectivity index (χ2n) is 11.6. The summed E-state index contributed by atoms with van der Waals surface area (Å²) in [5, 5.41) is 20.2. The van der Waals surface area contributed by atoms with Crippen LogP contribution >= 0.6 is 35.0 Å². The van der Waals surface area contributed by atoms with Gasteiger partial charge in [0, 0.05) is 57.3 Å². The van der Waals surface area contributed by atoms with Crippen LogP contribution in [0.25, 0.3) is 0 Å². The quantitative estimate of drug-likeness (QED) is 0.246. The number of carbonyl (C=O) groups excluding carboxylic acids is 1. The smallest absolute Gasteiger partial charge is 0.240 e. The molecule has 6 nitrogen and oxygen atoms in total. The Morgan fingerprint density at radius 3 is 2.59 bits per heavy atom. The highest BCUT2D eigenvalue weighted by Crippen LogP contribution is 2.31. The highest BCUT2D eigenvalue weighted by atomic mass is 35.5. The molecule has 9 heteroatoms. The number of aliphatic hydroxyl groups is 1. The second-order valence-corrected chi connectivity index (χ2v) is 13.8. The Balaban J connectivity index is 1.48. The summed E-state index contributed by atoms with van der Waals surface area (Å²) in [5.74, 6) is 0.0212. The molecule has 1 aliphatic rings. The zero-order valence-corrected chi connectivity index (χ0v) is 26.2. The predicted molar refractivity (Wildman–Crippen MR) is 170 cm³/mol. The van der Waals surface area contributed by atoms with E-state index in [1.807, 2.05) is 74.2 Å². The second kappa shape index (κ2) is 14.9. The van der Waals surface area contributed by atoms with Gasteiger partial charge in [-0.1, -0.05) is 53.5 Å². The number of nitrogens with one attached hydrogen (secondary N) is 2. The molecule has 1 aliphatic heterocycles. The minimum atomic E-state index is -0.818. The van der Waals surface area contributed by atoms with Crippen LogP contribution in [0.15, 0.2) is 78.0 Å². The monoisotopic (exact) mass is 614 g/mol. The number of piperidine rings is 1. The minimum Gasteiger partial charge on any atom is -0.390 e. The van der Waals surface area contributed by atoms with Gasteiger partial charge in [0.25, 0.3) is 0 Å². The van der Waals surface area contributed by atoms with E-state index in [1.54, 1.807) is 36.3 Å². The summed E-state index contributed by atoms with van der Waals surface area (Å²) in [6.45, 7) is 7.49. The number of hydrogen-bond acceptors (Lipinski definition) is 6. The number of hydrogen-bond donors (Lipinski definition) is 3. The van der Waals surface area contributed by atoms with E-state index in [1.165, 1.54) is 0 Å². The first-order valence-electron chi connectivity index (χ1n) is 14.1. The van der Waals surface area contributed by atoms with Crippen LogP contribution in [0.3, 0.4) is 0 Å². The van der Waals surface area contributed by atoms with E-state index in [-0.39, 0.29) is 24.5 Å². The molecule has 1 saturated heterocycles. The summed E-state index contributed by atoms with van der Waals surface area (Å²) in [6.07, 6.45) is 5.10. The summed E-state index contributed by atoms with van der Waals surface area (Å²) in [4.78, 5) is 21.1. The first kappa shape index (κ1) is 31.8. The number of benzene rings is 2. The minimum absolute atomic E-state index is 0.0212. The third kappa shape index (κ3) is 9.43. The molecule has 3 N–H and O–H groups in total. The first-order valence-corrected chi connectivity index (χ1v) is 15.7. The van der Waals surface area contributed by atoms with Gasteiger partial charge in [0.15, 0.2) is 0 Å². The molecule has 2 heterocycles. The van der Waals surface area contributed by atoms with Crippen LogP contribution in [-0.2, 0) is 17.8 Å². The summed E-state index contributed by atoms with van der Waals surface area (Å²) >= 11 is 14.4. The van der Waals surface area contributed by atoms with Crippen LogP contribution in [0, 0.1) is 0 Å². The van der Waals surface area contributed by atoms with Gasteiger partial charge < -0.3 is 20.6 Å². The number of halogens is 2. The fraction of sp³-hybridized carbons (Fsp3) is 0.438. The van der Waals surface area contributed by atoms with Gasteiger partial charge in [0.2, 0.25) is 5.91 Å². The molecule has 4 atom stereocenters. The maximum absolute atomic E-state index is 14.0. The maximum Gasteiger partial charge on any atom is 0.240 e. The molecule has 220 valence electrons. The van der Waals surface area contributed by atoms with Gasteiger partial charge >= 0.3 is 0 Å². The van der Waals surface area contributed by atoms with E-state index in [0.717, 1.165) is 35.4 Å². The van der Waals surface area contributed by atoms with Crippen molar-refractivity contribution in [3.8, 4) is 0 Å². The predicted octanol–water partition coefficient (Wildman–Crippen LogP) is 5.99. The fourth-order valence-corrected chi connectivity index (χ4v) is 6.68. The van der Waals surface area contributed by atoms with Crippen LogP contribution in [0.1, 0.15) is 44.7 Å². The number of nitrogens with zero attached hydrogens (tertiary/aromatic N) is 2. The van der Waals surface area contributed by atoms with E-state index < -0.39 is 11.6 Å². The highest BCUT2D eigenvalue weighted by molar-refractivity contribution is 8.00. The van der Waals surface area contributed by atoms with Crippen molar-refractivity contribution in [3.05, 3.63) is 94.2 Å². The van der Waals surface area contributed by atoms with Gasteiger partial charge in [-0.3, -0.25) is 9.78 Å². The van der Waals surface area contributed by atoms with Gasteiger partial charge in [0.1, 0.15) is 0 Å². The molecule has 0 saturated carbocycles. The Bertz CT molecular complexity index is 1260. The zero-order chi connectivity index (χ0) is 29.4. The maximum atomic E-state index is 14.0. The van der Waals surface area contributed by atoms with Crippen molar-refractivity contribution in [1.29, 1.82) is 0 Å². The molecular formula is C32H40Cl2N4O2S. The Morgan fingerprint density at radius 1 is 1.15 bits per heavy atom. The molecule has 2 aromatic carbocycles. The van der Waals surface area contributed by atoms with Crippen molar-refractivity contribution >= 4 is 40.9 Å². The van der Waals surface area contributed by atoms with E-state index in [0.29, 0.717) is 28.3 Å². The lowest BCUT2D eigenvalue weighted by Crippen LogP contribution is -2.59. The molecule has 1 amide bonds. The highest BCUT2D eigenvalue weighted by Gasteiger charge is 2.37. The standard InChI is InChI=1S/C32H40Cl2N4O2S/c1-32(2,3)38(31(40)29-19-26(13-16-36-29)41-25-11-14-35-15-12-25)21-30(39)28(17-22-7-5-4-6-8-22)37-20-23-18-24(33)9-10-27(23)34/h4-12,14-15,18,26,28-30,36-37,39H,13,16-17,19-21H2,1-3H3/t26-,28+,29+,30-/m1/s1. The van der Waals surface area contributed by atoms with E-state index in [2.05, 4.69) is 15.6 Å². The Kier molecular flexibility index (Phi) is 11.5. The van der Waals surface area contributed by atoms with Crippen molar-refractivity contribution in [1.82, 2.24) is 20.5 Å². The van der Waals surface area contributed by atoms with Crippen LogP contribution in [-0.4, -0.2) is 63.0 Å². The number of thioether (sulfide) groups is 1. The topological polar surface area (TPSA) is 77.5 Å². The number of rotatable bonds is 11. The Morgan fingerprint density at radius 2 is 1.88 bits per heavy atom. The lowest BCUT2D eigenvalue weighted by molar-refractivity contribution is -0.141. The molecule has 0 bridgehead atoms. The number of aliphatic hydroxyl groups excluding tert-OH is 1. The van der Waals surface area contributed by atoms with Crippen molar-refractivity contribution in [3.63, 3.8) is 0 Å². The van der Waals surface area contributed by atoms with Crippen molar-refractivity contribution in [2.45, 2.75) is 80.5 Å². The van der Waals surface area contributed by atoms with Gasteiger partial charge in [0.05, 0.1) is 12.1 Å². The Hall–Kier alpha value is -2.13. The van der Waals surface area contributed by atoms with E-state index in [9.17, 15) is 9.90 Å². The van der Waals surface area contributed by atoms with Crippen LogP contribution < -0.4 is 10.6 Å². The van der Waals surface area contributed by atoms with Gasteiger partial charge in [-0.25, -0.2) is 0 Å². The summed E-state index contributed by atoms with van der Waals surface area (Å²) in [6, 6.07) is 18.8. The Labute approximate surface area is 258 Å². The largest absolute Gasteiger partial charge is 0.390 e. The van der Waals surface area contributed by atoms with E-state index >= 15 is 0 Å². The van der Waals surface area contributed by atoms with Gasteiger partial charge in [-0.2, -0.15) is 0 Å². The molecule has 41 heavy (non-hydrogen) atoms. The molecule has 1 aromatic heterocycles. The number of β-amino-alcohol motifs (C(OH)–C–C–N with tert-alkyl or cyclic N) is 1. The fourth-order valence-electron chi connectivity index (χ4n) is 5.12. The molecule has 0 unspecified atom stereocenters. The lowest BCUT2D eigenvalue weighted by Gasteiger charge is -2.42. The third-order valence-electron chi connectivity index (χ3n) is 7.38. The molecular weight excluding hydrogens is 575 g/mol. The average molecular weight is 616 g/mol. The van der Waals surface area contributed by atoms with Crippen LogP contribution in [0.2, 0.25) is 10.0 Å². The van der Waals surface area contributed by atoms with Gasteiger partial charge in [-0.15, -0.1) is 11.8 Å². The van der Waals surface area contributed by atoms with Crippen LogP contribution in [0.5, 0.6) is 0 Å². The van der Waals surface area contributed by atoms with Crippen molar-refractivity contribution < 1.29 is 9.90 Å². The SMILES string of the molecule is CC(C)(C)N(C[C@@H](O)[C@H](Cc1ccccc1)NCc1cc(Cl)ccc1Cl)C(=O)[C@@H]1C[C@H](Sc2ccncc2)CCN1. The summed E-state index contributed by atoms with van der Waals surface area (Å²) < 4.78 is 0. The third-order valence-corrected chi connectivity index (χ3v) is 9.29. The molecule has 0 spiro atoms. The van der Waals surface area contributed by atoms with Crippen molar-refractivity contribution in [2.24, 2.45) is 0 Å². The molecule has 4 rings (SSSR count). The van der Waals surface area contributed by atoms with E-state index in [4.69, 9.17) is 23.2 Å². The average Bonchev–Trinajstić information content (AvgIpc) is 2.95. The first-order chi connectivity index (χ1) is 19.6. The number of pyridine rings is 1. The zero-order valence-electron chi connectivity index (χ0n) is 23.9. The van der Waals surface area contributed by atoms with Crippen molar-refractivity contribution in [2.75, 3.05) is 13.1 Å². The molecule has 1 fully saturated rings. The molecule has 0 aliphatic carbocycles. The molecule has 0 radical (unpaired) electrons.